The number of aromatic nitrogens is 1. The second-order valence-electron chi connectivity index (χ2n) is 5.01. The first-order valence-corrected chi connectivity index (χ1v) is 6.32. The summed E-state index contributed by atoms with van der Waals surface area (Å²) in [7, 11) is 0. The number of nitrogens with one attached hydrogen (secondary N) is 1. The zero-order valence-electron chi connectivity index (χ0n) is 10.1. The smallest absolute Gasteiger partial charge is 0.273 e. The van der Waals surface area contributed by atoms with Gasteiger partial charge in [-0.15, -0.1) is 0 Å². The highest BCUT2D eigenvalue weighted by Crippen LogP contribution is 2.40. The molecule has 6 heteroatoms. The number of hydrogen-bond donors (Lipinski definition) is 1. The van der Waals surface area contributed by atoms with E-state index in [0.29, 0.717) is 31.2 Å². The molecule has 0 spiro atoms. The van der Waals surface area contributed by atoms with E-state index >= 15 is 0 Å². The van der Waals surface area contributed by atoms with Crippen LogP contribution in [0, 0.1) is 0 Å². The summed E-state index contributed by atoms with van der Waals surface area (Å²) in [6.07, 6.45) is 2.24. The predicted octanol–water partition coefficient (Wildman–Crippen LogP) is 0.935. The molecule has 1 saturated heterocycles. The van der Waals surface area contributed by atoms with Gasteiger partial charge in [0.25, 0.3) is 5.91 Å². The first-order valence-electron chi connectivity index (χ1n) is 6.32. The quantitative estimate of drug-likeness (QED) is 0.848. The number of halogens is 1. The molecule has 0 aromatic carbocycles. The SMILES string of the molecule is O=C(NC1CN(CCF)C1)c1cc(C2CC2)on1. The highest BCUT2D eigenvalue weighted by molar-refractivity contribution is 5.92. The van der Waals surface area contributed by atoms with Crippen molar-refractivity contribution in [2.45, 2.75) is 24.8 Å². The molecule has 1 aromatic heterocycles. The minimum atomic E-state index is -0.339. The molecule has 1 aromatic rings. The number of amides is 1. The summed E-state index contributed by atoms with van der Waals surface area (Å²) in [5.41, 5.74) is 0.348. The lowest BCUT2D eigenvalue weighted by Crippen LogP contribution is -2.59. The maximum absolute atomic E-state index is 12.1. The summed E-state index contributed by atoms with van der Waals surface area (Å²) in [5.74, 6) is 1.08. The third-order valence-corrected chi connectivity index (χ3v) is 3.43. The second-order valence-corrected chi connectivity index (χ2v) is 5.01. The van der Waals surface area contributed by atoms with Gasteiger partial charge in [-0.2, -0.15) is 0 Å². The highest BCUT2D eigenvalue weighted by atomic mass is 19.1. The van der Waals surface area contributed by atoms with E-state index in [1.807, 2.05) is 4.90 Å². The fourth-order valence-corrected chi connectivity index (χ4v) is 2.18. The molecule has 0 bridgehead atoms. The van der Waals surface area contributed by atoms with Crippen LogP contribution in [0.3, 0.4) is 0 Å². The van der Waals surface area contributed by atoms with Crippen LogP contribution in [-0.2, 0) is 0 Å². The van der Waals surface area contributed by atoms with Gasteiger partial charge in [-0.25, -0.2) is 4.39 Å². The number of carbonyl (C=O) groups excluding carboxylic acids is 1. The van der Waals surface area contributed by atoms with Crippen LogP contribution in [0.15, 0.2) is 10.6 Å². The van der Waals surface area contributed by atoms with Gasteiger partial charge < -0.3 is 9.84 Å². The standard InChI is InChI=1S/C12H16FN3O2/c13-3-4-16-6-9(7-16)14-12(17)10-5-11(18-15-10)8-1-2-8/h5,8-9H,1-4,6-7H2,(H,14,17). The van der Waals surface area contributed by atoms with Crippen molar-refractivity contribution < 1.29 is 13.7 Å². The molecule has 0 radical (unpaired) electrons. The molecule has 2 heterocycles. The molecule has 1 saturated carbocycles. The van der Waals surface area contributed by atoms with Crippen LogP contribution in [0.25, 0.3) is 0 Å². The first kappa shape index (κ1) is 11.6. The molecule has 1 aliphatic heterocycles. The van der Waals surface area contributed by atoms with E-state index in [1.165, 1.54) is 0 Å². The van der Waals surface area contributed by atoms with Crippen LogP contribution >= 0.6 is 0 Å². The number of likely N-dealkylation sites (tertiary alicyclic amines) is 1. The van der Waals surface area contributed by atoms with Crippen LogP contribution in [0.2, 0.25) is 0 Å². The van der Waals surface area contributed by atoms with Gasteiger partial charge in [-0.3, -0.25) is 9.69 Å². The van der Waals surface area contributed by atoms with Crippen LogP contribution in [-0.4, -0.2) is 48.3 Å². The second kappa shape index (κ2) is 4.68. The molecule has 0 unspecified atom stereocenters. The Morgan fingerprint density at radius 3 is 3.00 bits per heavy atom. The lowest BCUT2D eigenvalue weighted by atomic mass is 10.1. The summed E-state index contributed by atoms with van der Waals surface area (Å²) in [6, 6.07) is 1.83. The van der Waals surface area contributed by atoms with Crippen molar-refractivity contribution in [1.82, 2.24) is 15.4 Å². The van der Waals surface area contributed by atoms with Gasteiger partial charge in [0.15, 0.2) is 5.69 Å². The average molecular weight is 253 g/mol. The summed E-state index contributed by atoms with van der Waals surface area (Å²) in [6.45, 7) is 1.53. The normalized spacial score (nSPS) is 20.7. The van der Waals surface area contributed by atoms with Crippen LogP contribution in [0.4, 0.5) is 4.39 Å². The van der Waals surface area contributed by atoms with Gasteiger partial charge in [-0.05, 0) is 12.8 Å². The summed E-state index contributed by atoms with van der Waals surface area (Å²) in [4.78, 5) is 13.8. The first-order chi connectivity index (χ1) is 8.76. The van der Waals surface area contributed by atoms with E-state index in [4.69, 9.17) is 4.52 Å². The molecule has 1 N–H and O–H groups in total. The van der Waals surface area contributed by atoms with Crippen molar-refractivity contribution in [2.75, 3.05) is 26.3 Å². The van der Waals surface area contributed by atoms with Crippen molar-refractivity contribution in [3.05, 3.63) is 17.5 Å². The fourth-order valence-electron chi connectivity index (χ4n) is 2.18. The number of rotatable bonds is 5. The van der Waals surface area contributed by atoms with Gasteiger partial charge in [0.1, 0.15) is 12.4 Å². The van der Waals surface area contributed by atoms with Gasteiger partial charge in [0.2, 0.25) is 0 Å². The molecule has 5 nitrogen and oxygen atoms in total. The Morgan fingerprint density at radius 1 is 1.56 bits per heavy atom. The lowest BCUT2D eigenvalue weighted by Gasteiger charge is -2.38. The van der Waals surface area contributed by atoms with E-state index < -0.39 is 0 Å². The number of carbonyl (C=O) groups is 1. The number of hydrogen-bond acceptors (Lipinski definition) is 4. The molecule has 2 fully saturated rings. The Bertz CT molecular complexity index is 438. The zero-order chi connectivity index (χ0) is 12.5. The number of alkyl halides is 1. The molecular weight excluding hydrogens is 237 g/mol. The Morgan fingerprint density at radius 2 is 2.33 bits per heavy atom. The molecule has 1 aliphatic carbocycles. The van der Waals surface area contributed by atoms with Crippen LogP contribution in [0.5, 0.6) is 0 Å². The minimum absolute atomic E-state index is 0.102. The Hall–Kier alpha value is -1.43. The topological polar surface area (TPSA) is 58.4 Å². The van der Waals surface area contributed by atoms with E-state index in [9.17, 15) is 9.18 Å². The van der Waals surface area contributed by atoms with Gasteiger partial charge >= 0.3 is 0 Å². The Kier molecular flexibility index (Phi) is 3.03. The maximum atomic E-state index is 12.1. The Balaban J connectivity index is 1.49. The molecule has 0 atom stereocenters. The molecular formula is C12H16FN3O2. The van der Waals surface area contributed by atoms with E-state index in [0.717, 1.165) is 18.6 Å². The molecule has 2 aliphatic rings. The monoisotopic (exact) mass is 253 g/mol. The third-order valence-electron chi connectivity index (χ3n) is 3.43. The van der Waals surface area contributed by atoms with Crippen molar-refractivity contribution >= 4 is 5.91 Å². The molecule has 18 heavy (non-hydrogen) atoms. The molecule has 98 valence electrons. The van der Waals surface area contributed by atoms with Crippen molar-refractivity contribution in [3.63, 3.8) is 0 Å². The van der Waals surface area contributed by atoms with E-state index in [1.54, 1.807) is 6.07 Å². The molecule has 1 amide bonds. The zero-order valence-corrected chi connectivity index (χ0v) is 10.1. The van der Waals surface area contributed by atoms with Crippen LogP contribution < -0.4 is 5.32 Å². The average Bonchev–Trinajstić information content (AvgIpc) is 3.04. The minimum Gasteiger partial charge on any atom is -0.360 e. The van der Waals surface area contributed by atoms with E-state index in [-0.39, 0.29) is 18.6 Å². The Labute approximate surface area is 104 Å². The maximum Gasteiger partial charge on any atom is 0.273 e. The number of nitrogens with zero attached hydrogens (tertiary/aromatic N) is 2. The summed E-state index contributed by atoms with van der Waals surface area (Å²) < 4.78 is 17.2. The van der Waals surface area contributed by atoms with Gasteiger partial charge in [0.05, 0.1) is 6.04 Å². The van der Waals surface area contributed by atoms with E-state index in [2.05, 4.69) is 10.5 Å². The van der Waals surface area contributed by atoms with Crippen LogP contribution in [0.1, 0.15) is 35.0 Å². The van der Waals surface area contributed by atoms with Gasteiger partial charge in [-0.1, -0.05) is 5.16 Å². The van der Waals surface area contributed by atoms with Gasteiger partial charge in [0, 0.05) is 31.6 Å². The predicted molar refractivity (Wildman–Crippen MR) is 62.1 cm³/mol. The summed E-state index contributed by atoms with van der Waals surface area (Å²) in [5, 5.41) is 6.65. The molecule has 3 rings (SSSR count). The fraction of sp³-hybridized carbons (Fsp3) is 0.667. The van der Waals surface area contributed by atoms with Crippen molar-refractivity contribution in [2.24, 2.45) is 0 Å². The van der Waals surface area contributed by atoms with Crippen molar-refractivity contribution in [1.29, 1.82) is 0 Å². The van der Waals surface area contributed by atoms with Crippen molar-refractivity contribution in [3.8, 4) is 0 Å². The lowest BCUT2D eigenvalue weighted by molar-refractivity contribution is 0.0790. The summed E-state index contributed by atoms with van der Waals surface area (Å²) >= 11 is 0. The third kappa shape index (κ3) is 2.38. The largest absolute Gasteiger partial charge is 0.360 e. The highest BCUT2D eigenvalue weighted by Gasteiger charge is 2.31.